The maximum absolute atomic E-state index is 11.4. The molecule has 1 aliphatic heterocycles. The lowest BCUT2D eigenvalue weighted by atomic mass is 10.8. The minimum atomic E-state index is -4.63. The highest BCUT2D eigenvalue weighted by atomic mass is 19.4. The van der Waals surface area contributed by atoms with Crippen molar-refractivity contribution in [2.75, 3.05) is 6.54 Å². The third-order valence-corrected chi connectivity index (χ3v) is 0.810. The smallest absolute Gasteiger partial charge is 0.267 e. The van der Waals surface area contributed by atoms with Crippen LogP contribution in [0.3, 0.4) is 0 Å². The van der Waals surface area contributed by atoms with Gasteiger partial charge >= 0.3 is 6.36 Å². The SMILES string of the molecule is FC(F)(F)OC1N=[C]CN1. The van der Waals surface area contributed by atoms with Crippen LogP contribution in [0.25, 0.3) is 0 Å². The van der Waals surface area contributed by atoms with Crippen LogP contribution in [0.1, 0.15) is 0 Å². The van der Waals surface area contributed by atoms with Crippen molar-refractivity contribution >= 4 is 6.21 Å². The average Bonchev–Trinajstić information content (AvgIpc) is 2.12. The Morgan fingerprint density at radius 2 is 2.30 bits per heavy atom. The second kappa shape index (κ2) is 2.55. The summed E-state index contributed by atoms with van der Waals surface area (Å²) in [7, 11) is 0. The number of ether oxygens (including phenoxy) is 1. The molecule has 6 heteroatoms. The van der Waals surface area contributed by atoms with Gasteiger partial charge in [0, 0.05) is 6.54 Å². The molecule has 57 valence electrons. The topological polar surface area (TPSA) is 33.6 Å². The molecule has 1 unspecified atom stereocenters. The van der Waals surface area contributed by atoms with Gasteiger partial charge in [-0.15, -0.1) is 13.2 Å². The molecule has 0 saturated heterocycles. The lowest BCUT2D eigenvalue weighted by Crippen LogP contribution is -2.31. The summed E-state index contributed by atoms with van der Waals surface area (Å²) in [6, 6.07) is 0. The molecule has 1 radical (unpaired) electrons. The van der Waals surface area contributed by atoms with E-state index in [1.807, 2.05) is 0 Å². The van der Waals surface area contributed by atoms with E-state index in [0.717, 1.165) is 0 Å². The highest BCUT2D eigenvalue weighted by Gasteiger charge is 2.33. The molecule has 0 amide bonds. The van der Waals surface area contributed by atoms with Crippen molar-refractivity contribution in [2.45, 2.75) is 12.7 Å². The van der Waals surface area contributed by atoms with Crippen LogP contribution >= 0.6 is 0 Å². The molecule has 3 nitrogen and oxygen atoms in total. The fraction of sp³-hybridized carbons (Fsp3) is 0.750. The van der Waals surface area contributed by atoms with Gasteiger partial charge in [-0.2, -0.15) is 0 Å². The summed E-state index contributed by atoms with van der Waals surface area (Å²) in [6.07, 6.45) is -3.65. The fourth-order valence-corrected chi connectivity index (χ4v) is 0.502. The predicted molar refractivity (Wildman–Crippen MR) is 26.4 cm³/mol. The highest BCUT2D eigenvalue weighted by Crippen LogP contribution is 2.18. The third-order valence-electron chi connectivity index (χ3n) is 0.810. The van der Waals surface area contributed by atoms with Crippen molar-refractivity contribution in [3.8, 4) is 0 Å². The lowest BCUT2D eigenvalue weighted by molar-refractivity contribution is -0.344. The summed E-state index contributed by atoms with van der Waals surface area (Å²) in [5.41, 5.74) is 0. The number of nitrogens with zero attached hydrogens (tertiary/aromatic N) is 1. The van der Waals surface area contributed by atoms with Crippen LogP contribution in [0.15, 0.2) is 4.99 Å². The third kappa shape index (κ3) is 2.32. The monoisotopic (exact) mass is 153 g/mol. The van der Waals surface area contributed by atoms with Crippen molar-refractivity contribution in [2.24, 2.45) is 4.99 Å². The van der Waals surface area contributed by atoms with E-state index in [4.69, 9.17) is 0 Å². The molecule has 0 aromatic heterocycles. The first-order valence-corrected chi connectivity index (χ1v) is 2.48. The Bertz CT molecular complexity index is 144. The van der Waals surface area contributed by atoms with E-state index < -0.39 is 12.7 Å². The normalized spacial score (nSPS) is 25.7. The Morgan fingerprint density at radius 1 is 1.60 bits per heavy atom. The van der Waals surface area contributed by atoms with E-state index in [1.165, 1.54) is 0 Å². The quantitative estimate of drug-likeness (QED) is 0.590. The molecule has 0 aliphatic carbocycles. The minimum absolute atomic E-state index is 0.195. The van der Waals surface area contributed by atoms with Gasteiger partial charge in [-0.3, -0.25) is 10.1 Å². The first-order chi connectivity index (χ1) is 4.58. The largest absolute Gasteiger partial charge is 0.525 e. The maximum atomic E-state index is 11.4. The fourth-order valence-electron chi connectivity index (χ4n) is 0.502. The Balaban J connectivity index is 2.31. The number of aliphatic imine (C=N–C) groups is 1. The molecule has 10 heavy (non-hydrogen) atoms. The molecule has 1 heterocycles. The van der Waals surface area contributed by atoms with Crippen molar-refractivity contribution in [1.29, 1.82) is 0 Å². The minimum Gasteiger partial charge on any atom is -0.267 e. The van der Waals surface area contributed by atoms with Gasteiger partial charge in [0.2, 0.25) is 6.35 Å². The van der Waals surface area contributed by atoms with Crippen molar-refractivity contribution in [1.82, 2.24) is 5.32 Å². The van der Waals surface area contributed by atoms with Crippen molar-refractivity contribution in [3.05, 3.63) is 0 Å². The van der Waals surface area contributed by atoms with E-state index >= 15 is 0 Å². The van der Waals surface area contributed by atoms with Crippen LogP contribution in [0.5, 0.6) is 0 Å². The van der Waals surface area contributed by atoms with E-state index in [-0.39, 0.29) is 6.54 Å². The van der Waals surface area contributed by atoms with E-state index in [9.17, 15) is 13.2 Å². The first kappa shape index (κ1) is 7.49. The van der Waals surface area contributed by atoms with Crippen molar-refractivity contribution < 1.29 is 17.9 Å². The molecule has 1 rings (SSSR count). The van der Waals surface area contributed by atoms with Gasteiger partial charge in [-0.1, -0.05) is 0 Å². The molecule has 0 saturated carbocycles. The predicted octanol–water partition coefficient (Wildman–Crippen LogP) is 0.357. The van der Waals surface area contributed by atoms with Gasteiger partial charge in [-0.05, 0) is 0 Å². The molecular weight excluding hydrogens is 149 g/mol. The zero-order valence-corrected chi connectivity index (χ0v) is 4.77. The molecule has 0 spiro atoms. The van der Waals surface area contributed by atoms with Crippen LogP contribution in [0.4, 0.5) is 13.2 Å². The van der Waals surface area contributed by atoms with Crippen LogP contribution in [-0.2, 0) is 4.74 Å². The number of rotatable bonds is 1. The Kier molecular flexibility index (Phi) is 1.91. The second-order valence-corrected chi connectivity index (χ2v) is 1.58. The molecule has 0 bridgehead atoms. The van der Waals surface area contributed by atoms with Crippen LogP contribution in [0, 0.1) is 0 Å². The summed E-state index contributed by atoms with van der Waals surface area (Å²) in [4.78, 5) is 3.22. The average molecular weight is 153 g/mol. The van der Waals surface area contributed by atoms with E-state index in [1.54, 1.807) is 0 Å². The zero-order chi connectivity index (χ0) is 7.61. The summed E-state index contributed by atoms with van der Waals surface area (Å²) in [6.45, 7) is 0.195. The van der Waals surface area contributed by atoms with Gasteiger partial charge in [0.25, 0.3) is 0 Å². The molecule has 0 aromatic carbocycles. The van der Waals surface area contributed by atoms with Crippen LogP contribution < -0.4 is 5.32 Å². The summed E-state index contributed by atoms with van der Waals surface area (Å²) in [5.74, 6) is 0. The van der Waals surface area contributed by atoms with Crippen LogP contribution in [-0.4, -0.2) is 25.5 Å². The Morgan fingerprint density at radius 3 is 2.70 bits per heavy atom. The zero-order valence-electron chi connectivity index (χ0n) is 4.77. The Labute approximate surface area is 54.9 Å². The van der Waals surface area contributed by atoms with E-state index in [0.29, 0.717) is 0 Å². The lowest BCUT2D eigenvalue weighted by Gasteiger charge is -2.10. The summed E-state index contributed by atoms with van der Waals surface area (Å²) < 4.78 is 37.5. The number of hydrogen-bond acceptors (Lipinski definition) is 3. The standard InChI is InChI=1S/C4H4F3N2O/c5-4(6,7)10-3-8-1-2-9-3/h3,8H,1H2. The van der Waals surface area contributed by atoms with Gasteiger partial charge in [0.1, 0.15) is 0 Å². The highest BCUT2D eigenvalue weighted by molar-refractivity contribution is 5.61. The summed E-state index contributed by atoms with van der Waals surface area (Å²) >= 11 is 0. The summed E-state index contributed by atoms with van der Waals surface area (Å²) in [5, 5.41) is 2.29. The second-order valence-electron chi connectivity index (χ2n) is 1.58. The van der Waals surface area contributed by atoms with E-state index in [2.05, 4.69) is 21.3 Å². The molecule has 0 fully saturated rings. The molecular formula is C4H4F3N2O. The molecule has 1 atom stereocenters. The Hall–Kier alpha value is -0.620. The number of halogens is 3. The van der Waals surface area contributed by atoms with Gasteiger partial charge in [0.05, 0.1) is 6.21 Å². The van der Waals surface area contributed by atoms with Gasteiger partial charge in [0.15, 0.2) is 0 Å². The molecule has 0 aromatic rings. The number of hydrogen-bond donors (Lipinski definition) is 1. The van der Waals surface area contributed by atoms with Gasteiger partial charge in [-0.25, -0.2) is 4.99 Å². The number of nitrogens with one attached hydrogen (secondary N) is 1. The number of alkyl halides is 3. The van der Waals surface area contributed by atoms with Crippen LogP contribution in [0.2, 0.25) is 0 Å². The first-order valence-electron chi connectivity index (χ1n) is 2.48. The van der Waals surface area contributed by atoms with Crippen molar-refractivity contribution in [3.63, 3.8) is 0 Å². The van der Waals surface area contributed by atoms with Gasteiger partial charge < -0.3 is 0 Å². The molecule has 1 N–H and O–H groups in total. The molecule has 1 aliphatic rings. The maximum Gasteiger partial charge on any atom is 0.525 e.